The van der Waals surface area contributed by atoms with Gasteiger partial charge in [0.25, 0.3) is 0 Å². The largest absolute Gasteiger partial charge is 0.416 e. The molecule has 1 aromatic carbocycles. The van der Waals surface area contributed by atoms with Crippen LogP contribution in [0, 0.1) is 23.7 Å². The Hall–Kier alpha value is -2.03. The molecule has 1 fully saturated rings. The fraction of sp³-hybridized carbons (Fsp3) is 0.429. The zero-order valence-corrected chi connectivity index (χ0v) is 10.8. The van der Waals surface area contributed by atoms with Gasteiger partial charge < -0.3 is 5.32 Å². The van der Waals surface area contributed by atoms with Crippen LogP contribution in [0.5, 0.6) is 0 Å². The van der Waals surface area contributed by atoms with Crippen molar-refractivity contribution in [1.29, 1.82) is 5.26 Å². The van der Waals surface area contributed by atoms with Gasteiger partial charge in [-0.1, -0.05) is 6.07 Å². The molecule has 6 heteroatoms. The second-order valence-electron chi connectivity index (χ2n) is 5.03. The quantitative estimate of drug-likeness (QED) is 0.900. The minimum atomic E-state index is -4.46. The molecule has 0 unspecified atom stereocenters. The number of amides is 1. The van der Waals surface area contributed by atoms with Crippen LogP contribution in [0.3, 0.4) is 0 Å². The molecular weight excluding hydrogens is 269 g/mol. The summed E-state index contributed by atoms with van der Waals surface area (Å²) < 4.78 is 37.9. The number of halogens is 3. The highest BCUT2D eigenvalue weighted by Gasteiger charge is 2.44. The molecule has 1 N–H and O–H groups in total. The molecule has 0 aromatic heterocycles. The third kappa shape index (κ3) is 2.48. The van der Waals surface area contributed by atoms with Gasteiger partial charge >= 0.3 is 6.18 Å². The Balaban J connectivity index is 2.26. The minimum Gasteiger partial charge on any atom is -0.324 e. The smallest absolute Gasteiger partial charge is 0.324 e. The number of nitrogens with zero attached hydrogens (tertiary/aromatic N) is 1. The van der Waals surface area contributed by atoms with Crippen LogP contribution in [-0.4, -0.2) is 5.91 Å². The Labute approximate surface area is 114 Å². The van der Waals surface area contributed by atoms with Crippen molar-refractivity contribution in [3.63, 3.8) is 0 Å². The van der Waals surface area contributed by atoms with E-state index in [9.17, 15) is 18.0 Å². The second-order valence-corrected chi connectivity index (χ2v) is 5.03. The molecule has 1 aliphatic carbocycles. The van der Waals surface area contributed by atoms with Gasteiger partial charge in [0.15, 0.2) is 0 Å². The average Bonchev–Trinajstić information content (AvgIpc) is 2.29. The van der Waals surface area contributed by atoms with Gasteiger partial charge in [0, 0.05) is 5.69 Å². The summed E-state index contributed by atoms with van der Waals surface area (Å²) in [4.78, 5) is 12.0. The maximum Gasteiger partial charge on any atom is 0.416 e. The standard InChI is InChI=1S/C14H13F3N2O/c1-9-3-4-10(14(15,16)17)7-11(9)19-12(20)13(8-18)5-2-6-13/h3-4,7H,2,5-6H2,1H3,(H,19,20). The van der Waals surface area contributed by atoms with E-state index in [4.69, 9.17) is 5.26 Å². The van der Waals surface area contributed by atoms with E-state index in [0.717, 1.165) is 18.6 Å². The molecule has 0 spiro atoms. The van der Waals surface area contributed by atoms with Gasteiger partial charge in [-0.3, -0.25) is 4.79 Å². The van der Waals surface area contributed by atoms with E-state index in [1.807, 2.05) is 6.07 Å². The summed E-state index contributed by atoms with van der Waals surface area (Å²) >= 11 is 0. The van der Waals surface area contributed by atoms with Gasteiger partial charge in [-0.05, 0) is 43.9 Å². The Morgan fingerprint density at radius 1 is 1.40 bits per heavy atom. The van der Waals surface area contributed by atoms with Gasteiger partial charge in [0.1, 0.15) is 5.41 Å². The zero-order chi connectivity index (χ0) is 15.0. The van der Waals surface area contributed by atoms with Crippen molar-refractivity contribution >= 4 is 11.6 Å². The van der Waals surface area contributed by atoms with Crippen LogP contribution in [-0.2, 0) is 11.0 Å². The number of rotatable bonds is 2. The SMILES string of the molecule is Cc1ccc(C(F)(F)F)cc1NC(=O)C1(C#N)CCC1. The maximum atomic E-state index is 12.6. The van der Waals surface area contributed by atoms with E-state index in [0.29, 0.717) is 18.4 Å². The molecule has 3 nitrogen and oxygen atoms in total. The Morgan fingerprint density at radius 2 is 2.05 bits per heavy atom. The van der Waals surface area contributed by atoms with E-state index in [1.54, 1.807) is 6.92 Å². The first-order valence-electron chi connectivity index (χ1n) is 6.19. The Bertz CT molecular complexity index is 583. The third-order valence-electron chi connectivity index (χ3n) is 3.67. The number of hydrogen-bond acceptors (Lipinski definition) is 2. The van der Waals surface area contributed by atoms with Crippen LogP contribution in [0.15, 0.2) is 18.2 Å². The zero-order valence-electron chi connectivity index (χ0n) is 10.8. The lowest BCUT2D eigenvalue weighted by Gasteiger charge is -2.33. The van der Waals surface area contributed by atoms with Crippen molar-refractivity contribution < 1.29 is 18.0 Å². The number of hydrogen-bond donors (Lipinski definition) is 1. The van der Waals surface area contributed by atoms with E-state index < -0.39 is 23.1 Å². The molecule has 1 aliphatic rings. The summed E-state index contributed by atoms with van der Waals surface area (Å²) in [6.45, 7) is 1.61. The normalized spacial score (nSPS) is 16.9. The van der Waals surface area contributed by atoms with E-state index in [1.165, 1.54) is 6.07 Å². The Kier molecular flexibility index (Phi) is 3.46. The number of benzene rings is 1. The third-order valence-corrected chi connectivity index (χ3v) is 3.67. The van der Waals surface area contributed by atoms with Crippen LogP contribution in [0.25, 0.3) is 0 Å². The fourth-order valence-electron chi connectivity index (χ4n) is 2.09. The highest BCUT2D eigenvalue weighted by molar-refractivity contribution is 5.98. The summed E-state index contributed by atoms with van der Waals surface area (Å²) in [6, 6.07) is 5.14. The molecule has 0 aliphatic heterocycles. The van der Waals surface area contributed by atoms with Crippen molar-refractivity contribution in [3.8, 4) is 6.07 Å². The molecule has 0 atom stereocenters. The number of carbonyl (C=O) groups excluding carboxylic acids is 1. The highest BCUT2D eigenvalue weighted by atomic mass is 19.4. The number of nitrogens with one attached hydrogen (secondary N) is 1. The molecular formula is C14H13F3N2O. The first kappa shape index (κ1) is 14.4. The van der Waals surface area contributed by atoms with Crippen LogP contribution in [0.1, 0.15) is 30.4 Å². The van der Waals surface area contributed by atoms with Crippen LogP contribution >= 0.6 is 0 Å². The van der Waals surface area contributed by atoms with Crippen molar-refractivity contribution in [1.82, 2.24) is 0 Å². The van der Waals surface area contributed by atoms with Crippen molar-refractivity contribution in [2.24, 2.45) is 5.41 Å². The van der Waals surface area contributed by atoms with E-state index >= 15 is 0 Å². The molecule has 0 bridgehead atoms. The number of nitriles is 1. The summed E-state index contributed by atoms with van der Waals surface area (Å²) in [5.74, 6) is -0.520. The first-order valence-corrected chi connectivity index (χ1v) is 6.19. The first-order chi connectivity index (χ1) is 9.28. The molecule has 1 saturated carbocycles. The molecule has 1 amide bonds. The van der Waals surface area contributed by atoms with Crippen molar-refractivity contribution in [2.45, 2.75) is 32.4 Å². The Morgan fingerprint density at radius 3 is 2.50 bits per heavy atom. The van der Waals surface area contributed by atoms with Gasteiger partial charge in [0.2, 0.25) is 5.91 Å². The lowest BCUT2D eigenvalue weighted by Crippen LogP contribution is -2.40. The number of alkyl halides is 3. The molecule has 20 heavy (non-hydrogen) atoms. The van der Waals surface area contributed by atoms with Crippen LogP contribution < -0.4 is 5.32 Å². The number of anilines is 1. The average molecular weight is 282 g/mol. The number of carbonyl (C=O) groups is 1. The summed E-state index contributed by atoms with van der Waals surface area (Å²) in [5, 5.41) is 11.5. The second kappa shape index (κ2) is 4.82. The molecule has 106 valence electrons. The number of aryl methyl sites for hydroxylation is 1. The maximum absolute atomic E-state index is 12.6. The van der Waals surface area contributed by atoms with E-state index in [2.05, 4.69) is 5.32 Å². The molecule has 0 heterocycles. The van der Waals surface area contributed by atoms with E-state index in [-0.39, 0.29) is 5.69 Å². The van der Waals surface area contributed by atoms with Crippen molar-refractivity contribution in [3.05, 3.63) is 29.3 Å². The van der Waals surface area contributed by atoms with Crippen LogP contribution in [0.2, 0.25) is 0 Å². The minimum absolute atomic E-state index is 0.103. The lowest BCUT2D eigenvalue weighted by molar-refractivity contribution is -0.137. The van der Waals surface area contributed by atoms with Gasteiger partial charge in [0.05, 0.1) is 11.6 Å². The molecule has 0 saturated heterocycles. The topological polar surface area (TPSA) is 52.9 Å². The molecule has 2 rings (SSSR count). The van der Waals surface area contributed by atoms with Crippen LogP contribution in [0.4, 0.5) is 18.9 Å². The van der Waals surface area contributed by atoms with Crippen molar-refractivity contribution in [2.75, 3.05) is 5.32 Å². The summed E-state index contributed by atoms with van der Waals surface area (Å²) in [7, 11) is 0. The van der Waals surface area contributed by atoms with Gasteiger partial charge in [-0.25, -0.2) is 0 Å². The van der Waals surface area contributed by atoms with Gasteiger partial charge in [-0.15, -0.1) is 0 Å². The predicted molar refractivity (Wildman–Crippen MR) is 66.7 cm³/mol. The molecule has 1 aromatic rings. The summed E-state index contributed by atoms with van der Waals surface area (Å²) in [6.07, 6.45) is -2.78. The monoisotopic (exact) mass is 282 g/mol. The lowest BCUT2D eigenvalue weighted by atomic mass is 9.69. The highest BCUT2D eigenvalue weighted by Crippen LogP contribution is 2.41. The molecule has 0 radical (unpaired) electrons. The summed E-state index contributed by atoms with van der Waals surface area (Å²) in [5.41, 5.74) is -1.27. The predicted octanol–water partition coefficient (Wildman–Crippen LogP) is 3.65. The fourth-order valence-corrected chi connectivity index (χ4v) is 2.09. The van der Waals surface area contributed by atoms with Gasteiger partial charge in [-0.2, -0.15) is 18.4 Å².